The van der Waals surface area contributed by atoms with Crippen LogP contribution in [-0.4, -0.2) is 24.7 Å². The average molecular weight is 477 g/mol. The third-order valence-electron chi connectivity index (χ3n) is 3.91. The van der Waals surface area contributed by atoms with E-state index in [-0.39, 0.29) is 24.0 Å². The number of aliphatic imine (C=N–C) groups is 1. The number of halogens is 2. The van der Waals surface area contributed by atoms with E-state index in [2.05, 4.69) is 34.6 Å². The number of benzene rings is 1. The maximum absolute atomic E-state index is 6.18. The SMILES string of the molecule is CCc1noc(CC)c1CNC(=NC)NCCc1ccccc1Cl.I. The minimum absolute atomic E-state index is 0. The van der Waals surface area contributed by atoms with Crippen molar-refractivity contribution in [3.8, 4) is 0 Å². The second kappa shape index (κ2) is 11.4. The lowest BCUT2D eigenvalue weighted by atomic mass is 10.1. The number of nitrogens with one attached hydrogen (secondary N) is 2. The van der Waals surface area contributed by atoms with Gasteiger partial charge in [-0.05, 0) is 24.5 Å². The zero-order chi connectivity index (χ0) is 17.4. The van der Waals surface area contributed by atoms with Crippen LogP contribution in [0.1, 0.15) is 36.4 Å². The Morgan fingerprint density at radius 2 is 1.96 bits per heavy atom. The van der Waals surface area contributed by atoms with Crippen LogP contribution in [0.25, 0.3) is 0 Å². The van der Waals surface area contributed by atoms with Crippen LogP contribution in [0.4, 0.5) is 0 Å². The second-order valence-electron chi connectivity index (χ2n) is 5.43. The standard InChI is InChI=1S/C18H25ClN4O.HI/c1-4-16-14(17(5-2)24-23-16)12-22-18(20-3)21-11-10-13-8-6-7-9-15(13)19;/h6-9H,4-5,10-12H2,1-3H3,(H2,20,21,22);1H. The zero-order valence-corrected chi connectivity index (χ0v) is 18.0. The number of rotatable bonds is 7. The van der Waals surface area contributed by atoms with Crippen LogP contribution < -0.4 is 10.6 Å². The molecule has 0 saturated carbocycles. The van der Waals surface area contributed by atoms with Gasteiger partial charge in [-0.1, -0.05) is 48.8 Å². The molecule has 0 unspecified atom stereocenters. The highest BCUT2D eigenvalue weighted by atomic mass is 127. The molecule has 1 aromatic heterocycles. The number of hydrogen-bond donors (Lipinski definition) is 2. The van der Waals surface area contributed by atoms with Crippen LogP contribution in [0.3, 0.4) is 0 Å². The lowest BCUT2D eigenvalue weighted by Crippen LogP contribution is -2.38. The van der Waals surface area contributed by atoms with Crippen LogP contribution >= 0.6 is 35.6 Å². The summed E-state index contributed by atoms with van der Waals surface area (Å²) in [7, 11) is 1.76. The summed E-state index contributed by atoms with van der Waals surface area (Å²) in [5, 5.41) is 11.6. The molecule has 0 atom stereocenters. The van der Waals surface area contributed by atoms with Gasteiger partial charge in [0.1, 0.15) is 5.76 Å². The Morgan fingerprint density at radius 3 is 2.60 bits per heavy atom. The lowest BCUT2D eigenvalue weighted by Gasteiger charge is -2.12. The molecule has 0 aliphatic heterocycles. The number of aryl methyl sites for hydroxylation is 2. The van der Waals surface area contributed by atoms with Gasteiger partial charge in [0, 0.05) is 37.1 Å². The number of nitrogens with zero attached hydrogens (tertiary/aromatic N) is 2. The molecular formula is C18H26ClIN4O. The van der Waals surface area contributed by atoms with Crippen LogP contribution in [-0.2, 0) is 25.8 Å². The fourth-order valence-electron chi connectivity index (χ4n) is 2.55. The summed E-state index contributed by atoms with van der Waals surface area (Å²) in [6.45, 7) is 5.56. The first kappa shape index (κ1) is 21.8. The van der Waals surface area contributed by atoms with Gasteiger partial charge in [0.05, 0.1) is 5.69 Å². The first-order valence-corrected chi connectivity index (χ1v) is 8.71. The molecule has 1 aromatic carbocycles. The molecular weight excluding hydrogens is 451 g/mol. The fraction of sp³-hybridized carbons (Fsp3) is 0.444. The van der Waals surface area contributed by atoms with E-state index in [1.54, 1.807) is 7.05 Å². The molecule has 0 aliphatic carbocycles. The predicted molar refractivity (Wildman–Crippen MR) is 114 cm³/mol. The Labute approximate surface area is 171 Å². The largest absolute Gasteiger partial charge is 0.361 e. The van der Waals surface area contributed by atoms with Crippen LogP contribution in [0, 0.1) is 0 Å². The fourth-order valence-corrected chi connectivity index (χ4v) is 2.78. The van der Waals surface area contributed by atoms with E-state index in [0.29, 0.717) is 6.54 Å². The zero-order valence-electron chi connectivity index (χ0n) is 14.9. The van der Waals surface area contributed by atoms with Crippen molar-refractivity contribution in [3.63, 3.8) is 0 Å². The van der Waals surface area contributed by atoms with Gasteiger partial charge >= 0.3 is 0 Å². The van der Waals surface area contributed by atoms with E-state index < -0.39 is 0 Å². The van der Waals surface area contributed by atoms with Gasteiger partial charge in [0.25, 0.3) is 0 Å². The summed E-state index contributed by atoms with van der Waals surface area (Å²) in [5.41, 5.74) is 3.27. The molecule has 0 fully saturated rings. The average Bonchev–Trinajstić information content (AvgIpc) is 3.01. The lowest BCUT2D eigenvalue weighted by molar-refractivity contribution is 0.380. The third-order valence-corrected chi connectivity index (χ3v) is 4.28. The van der Waals surface area contributed by atoms with Gasteiger partial charge in [-0.25, -0.2) is 0 Å². The van der Waals surface area contributed by atoms with Gasteiger partial charge < -0.3 is 15.2 Å². The Kier molecular flexibility index (Phi) is 9.89. The molecule has 0 saturated heterocycles. The molecule has 0 bridgehead atoms. The Bertz CT molecular complexity index is 666. The third kappa shape index (κ3) is 6.18. The smallest absolute Gasteiger partial charge is 0.191 e. The quantitative estimate of drug-likeness (QED) is 0.360. The maximum Gasteiger partial charge on any atom is 0.191 e. The van der Waals surface area contributed by atoms with Gasteiger partial charge in [0.2, 0.25) is 0 Å². The van der Waals surface area contributed by atoms with Crippen molar-refractivity contribution in [1.29, 1.82) is 0 Å². The minimum atomic E-state index is 0. The van der Waals surface area contributed by atoms with E-state index in [9.17, 15) is 0 Å². The number of hydrogen-bond acceptors (Lipinski definition) is 3. The van der Waals surface area contributed by atoms with Crippen molar-refractivity contribution < 1.29 is 4.52 Å². The first-order valence-electron chi connectivity index (χ1n) is 8.33. The molecule has 0 radical (unpaired) electrons. The number of guanidine groups is 1. The molecule has 2 aromatic rings. The summed E-state index contributed by atoms with van der Waals surface area (Å²) in [4.78, 5) is 4.26. The van der Waals surface area contributed by atoms with Crippen molar-refractivity contribution in [2.45, 2.75) is 39.7 Å². The normalized spacial score (nSPS) is 11.1. The highest BCUT2D eigenvalue weighted by molar-refractivity contribution is 14.0. The van der Waals surface area contributed by atoms with Gasteiger partial charge in [-0.2, -0.15) is 0 Å². The van der Waals surface area contributed by atoms with Crippen molar-refractivity contribution in [2.24, 2.45) is 4.99 Å². The van der Waals surface area contributed by atoms with Crippen LogP contribution in [0.2, 0.25) is 5.02 Å². The van der Waals surface area contributed by atoms with Crippen LogP contribution in [0.5, 0.6) is 0 Å². The van der Waals surface area contributed by atoms with Gasteiger partial charge in [-0.15, -0.1) is 24.0 Å². The summed E-state index contributed by atoms with van der Waals surface area (Å²) >= 11 is 6.18. The predicted octanol–water partition coefficient (Wildman–Crippen LogP) is 3.98. The van der Waals surface area contributed by atoms with E-state index in [1.807, 2.05) is 24.3 Å². The summed E-state index contributed by atoms with van der Waals surface area (Å²) in [6, 6.07) is 7.89. The molecule has 0 aliphatic rings. The molecule has 1 heterocycles. The molecule has 2 N–H and O–H groups in total. The van der Waals surface area contributed by atoms with Crippen LogP contribution in [0.15, 0.2) is 33.8 Å². The van der Waals surface area contributed by atoms with Crippen molar-refractivity contribution in [2.75, 3.05) is 13.6 Å². The molecule has 25 heavy (non-hydrogen) atoms. The highest BCUT2D eigenvalue weighted by Gasteiger charge is 2.13. The number of aromatic nitrogens is 1. The monoisotopic (exact) mass is 476 g/mol. The Hall–Kier alpha value is -1.28. The first-order chi connectivity index (χ1) is 11.7. The van der Waals surface area contributed by atoms with Crippen molar-refractivity contribution in [1.82, 2.24) is 15.8 Å². The van der Waals surface area contributed by atoms with E-state index in [1.165, 1.54) is 0 Å². The van der Waals surface area contributed by atoms with E-state index in [4.69, 9.17) is 16.1 Å². The van der Waals surface area contributed by atoms with Crippen molar-refractivity contribution in [3.05, 3.63) is 51.9 Å². The molecule has 0 amide bonds. The minimum Gasteiger partial charge on any atom is -0.361 e. The van der Waals surface area contributed by atoms with E-state index in [0.717, 1.165) is 59.4 Å². The maximum atomic E-state index is 6.18. The van der Waals surface area contributed by atoms with E-state index >= 15 is 0 Å². The summed E-state index contributed by atoms with van der Waals surface area (Å²) in [5.74, 6) is 1.69. The van der Waals surface area contributed by atoms with Gasteiger partial charge in [0.15, 0.2) is 5.96 Å². The summed E-state index contributed by atoms with van der Waals surface area (Å²) < 4.78 is 5.39. The van der Waals surface area contributed by atoms with Crippen molar-refractivity contribution >= 4 is 41.5 Å². The molecule has 5 nitrogen and oxygen atoms in total. The molecule has 0 spiro atoms. The Morgan fingerprint density at radius 1 is 1.20 bits per heavy atom. The molecule has 7 heteroatoms. The second-order valence-corrected chi connectivity index (χ2v) is 5.84. The topological polar surface area (TPSA) is 62.5 Å². The molecule has 2 rings (SSSR count). The highest BCUT2D eigenvalue weighted by Crippen LogP contribution is 2.16. The summed E-state index contributed by atoms with van der Waals surface area (Å²) in [6.07, 6.45) is 2.54. The molecule has 138 valence electrons. The van der Waals surface area contributed by atoms with Gasteiger partial charge in [-0.3, -0.25) is 4.99 Å². The Balaban J connectivity index is 0.00000312.